The second-order valence-electron chi connectivity index (χ2n) is 7.91. The zero-order chi connectivity index (χ0) is 20.8. The summed E-state index contributed by atoms with van der Waals surface area (Å²) in [6.45, 7) is 3.90. The molecule has 0 aromatic heterocycles. The van der Waals surface area contributed by atoms with Crippen molar-refractivity contribution in [1.29, 1.82) is 0 Å². The topological polar surface area (TPSA) is 3.24 Å². The average molecular weight is 396 g/mol. The maximum atomic E-state index is 3.90. The second-order valence-corrected chi connectivity index (χ2v) is 7.91. The van der Waals surface area contributed by atoms with Crippen molar-refractivity contribution in [1.82, 2.24) is 0 Å². The molecule has 0 amide bonds. The van der Waals surface area contributed by atoms with Crippen LogP contribution in [-0.4, -0.2) is 0 Å². The van der Waals surface area contributed by atoms with Crippen molar-refractivity contribution in [3.8, 4) is 0 Å². The van der Waals surface area contributed by atoms with Gasteiger partial charge in [0.25, 0.3) is 0 Å². The SMILES string of the molecule is C=Cc1ccc(N(c2ccccc2)c2ccc3ccc4cccc5ccc2c3c45)cc1. The predicted molar refractivity (Wildman–Crippen MR) is 135 cm³/mol. The summed E-state index contributed by atoms with van der Waals surface area (Å²) in [6.07, 6.45) is 1.88. The molecule has 1 heteroatoms. The fourth-order valence-corrected chi connectivity index (χ4v) is 4.68. The maximum Gasteiger partial charge on any atom is 0.0540 e. The van der Waals surface area contributed by atoms with Crippen LogP contribution in [0.15, 0.2) is 116 Å². The summed E-state index contributed by atoms with van der Waals surface area (Å²) >= 11 is 0. The van der Waals surface area contributed by atoms with Crippen molar-refractivity contribution in [2.45, 2.75) is 0 Å². The Balaban J connectivity index is 1.68. The van der Waals surface area contributed by atoms with E-state index in [1.54, 1.807) is 0 Å². The van der Waals surface area contributed by atoms with Crippen LogP contribution in [0.5, 0.6) is 0 Å². The van der Waals surface area contributed by atoms with Gasteiger partial charge in [0.1, 0.15) is 0 Å². The van der Waals surface area contributed by atoms with Gasteiger partial charge >= 0.3 is 0 Å². The molecule has 146 valence electrons. The summed E-state index contributed by atoms with van der Waals surface area (Å²) in [5, 5.41) is 7.78. The van der Waals surface area contributed by atoms with E-state index in [-0.39, 0.29) is 0 Å². The maximum absolute atomic E-state index is 3.90. The molecule has 1 nitrogen and oxygen atoms in total. The Kier molecular flexibility index (Phi) is 4.00. The number of rotatable bonds is 4. The van der Waals surface area contributed by atoms with E-state index in [0.29, 0.717) is 0 Å². The monoisotopic (exact) mass is 395 g/mol. The Morgan fingerprint density at radius 2 is 1.13 bits per heavy atom. The van der Waals surface area contributed by atoms with Crippen LogP contribution in [0, 0.1) is 0 Å². The molecule has 31 heavy (non-hydrogen) atoms. The minimum Gasteiger partial charge on any atom is -0.310 e. The fraction of sp³-hybridized carbons (Fsp3) is 0. The number of benzene rings is 6. The molecule has 0 saturated heterocycles. The third-order valence-corrected chi connectivity index (χ3v) is 6.15. The van der Waals surface area contributed by atoms with Crippen LogP contribution in [0.1, 0.15) is 5.56 Å². The summed E-state index contributed by atoms with van der Waals surface area (Å²) in [6, 6.07) is 39.2. The van der Waals surface area contributed by atoms with Crippen molar-refractivity contribution in [2.75, 3.05) is 4.90 Å². The van der Waals surface area contributed by atoms with Gasteiger partial charge in [-0.25, -0.2) is 0 Å². The molecule has 6 rings (SSSR count). The molecule has 0 atom stereocenters. The number of hydrogen-bond donors (Lipinski definition) is 0. The molecule has 0 aliphatic rings. The Morgan fingerprint density at radius 3 is 1.84 bits per heavy atom. The lowest BCUT2D eigenvalue weighted by atomic mass is 9.93. The normalized spacial score (nSPS) is 11.4. The van der Waals surface area contributed by atoms with Crippen molar-refractivity contribution in [3.63, 3.8) is 0 Å². The largest absolute Gasteiger partial charge is 0.310 e. The van der Waals surface area contributed by atoms with E-state index < -0.39 is 0 Å². The van der Waals surface area contributed by atoms with E-state index in [1.807, 2.05) is 6.08 Å². The van der Waals surface area contributed by atoms with Gasteiger partial charge in [0.15, 0.2) is 0 Å². The van der Waals surface area contributed by atoms with Crippen LogP contribution in [-0.2, 0) is 0 Å². The van der Waals surface area contributed by atoms with Crippen LogP contribution in [0.3, 0.4) is 0 Å². The van der Waals surface area contributed by atoms with E-state index in [4.69, 9.17) is 0 Å². The van der Waals surface area contributed by atoms with E-state index in [9.17, 15) is 0 Å². The van der Waals surface area contributed by atoms with E-state index in [2.05, 4.69) is 121 Å². The summed E-state index contributed by atoms with van der Waals surface area (Å²) in [5.41, 5.74) is 4.58. The lowest BCUT2D eigenvalue weighted by Gasteiger charge is -2.27. The Bertz CT molecular complexity index is 1510. The standard InChI is InChI=1S/C30H21N/c1-2-21-11-17-26(18-12-21)31(25-9-4-3-5-10-25)28-20-16-24-14-13-22-7-6-8-23-15-19-27(28)30(24)29(22)23/h2-20H,1H2. The molecule has 0 aliphatic heterocycles. The van der Waals surface area contributed by atoms with Crippen molar-refractivity contribution >= 4 is 55.5 Å². The average Bonchev–Trinajstić information content (AvgIpc) is 2.84. The Hall–Kier alpha value is -4.10. The van der Waals surface area contributed by atoms with Gasteiger partial charge in [-0.2, -0.15) is 0 Å². The minimum atomic E-state index is 1.12. The zero-order valence-electron chi connectivity index (χ0n) is 17.1. The summed E-state index contributed by atoms with van der Waals surface area (Å²) < 4.78 is 0. The van der Waals surface area contributed by atoms with Crippen LogP contribution in [0.25, 0.3) is 38.4 Å². The molecule has 0 bridgehead atoms. The molecule has 6 aromatic carbocycles. The highest BCUT2D eigenvalue weighted by Crippen LogP contribution is 2.43. The molecular formula is C30H21N. The number of anilines is 3. The quantitative estimate of drug-likeness (QED) is 0.270. The Labute approximate surface area is 181 Å². The highest BCUT2D eigenvalue weighted by molar-refractivity contribution is 6.25. The third-order valence-electron chi connectivity index (χ3n) is 6.15. The van der Waals surface area contributed by atoms with Crippen molar-refractivity contribution in [3.05, 3.63) is 121 Å². The van der Waals surface area contributed by atoms with E-state index in [0.717, 1.165) is 16.9 Å². The van der Waals surface area contributed by atoms with Gasteiger partial charge in [0, 0.05) is 16.8 Å². The third kappa shape index (κ3) is 2.78. The predicted octanol–water partition coefficient (Wildman–Crippen LogP) is 8.70. The molecule has 0 saturated carbocycles. The fourth-order valence-electron chi connectivity index (χ4n) is 4.68. The van der Waals surface area contributed by atoms with Crippen LogP contribution < -0.4 is 4.90 Å². The van der Waals surface area contributed by atoms with E-state index >= 15 is 0 Å². The highest BCUT2D eigenvalue weighted by atomic mass is 15.1. The smallest absolute Gasteiger partial charge is 0.0540 e. The van der Waals surface area contributed by atoms with Gasteiger partial charge in [0.05, 0.1) is 5.69 Å². The van der Waals surface area contributed by atoms with Gasteiger partial charge in [-0.15, -0.1) is 0 Å². The first kappa shape index (κ1) is 17.7. The Morgan fingerprint density at radius 1 is 0.516 bits per heavy atom. The first-order valence-electron chi connectivity index (χ1n) is 10.6. The molecule has 0 aliphatic carbocycles. The lowest BCUT2D eigenvalue weighted by Crippen LogP contribution is -2.10. The van der Waals surface area contributed by atoms with Gasteiger partial charge < -0.3 is 4.90 Å². The van der Waals surface area contributed by atoms with Gasteiger partial charge in [-0.05, 0) is 62.8 Å². The molecule has 0 N–H and O–H groups in total. The summed E-state index contributed by atoms with van der Waals surface area (Å²) in [7, 11) is 0. The number of nitrogens with zero attached hydrogens (tertiary/aromatic N) is 1. The zero-order valence-corrected chi connectivity index (χ0v) is 17.1. The first-order chi connectivity index (χ1) is 15.3. The van der Waals surface area contributed by atoms with Crippen LogP contribution >= 0.6 is 0 Å². The summed E-state index contributed by atoms with van der Waals surface area (Å²) in [5.74, 6) is 0. The first-order valence-corrected chi connectivity index (χ1v) is 10.6. The highest BCUT2D eigenvalue weighted by Gasteiger charge is 2.17. The molecule has 0 heterocycles. The number of hydrogen-bond acceptors (Lipinski definition) is 1. The van der Waals surface area contributed by atoms with Crippen LogP contribution in [0.4, 0.5) is 17.1 Å². The molecule has 0 fully saturated rings. The molecule has 0 unspecified atom stereocenters. The van der Waals surface area contributed by atoms with Crippen molar-refractivity contribution in [2.24, 2.45) is 0 Å². The lowest BCUT2D eigenvalue weighted by molar-refractivity contribution is 1.30. The van der Waals surface area contributed by atoms with Gasteiger partial charge in [-0.1, -0.05) is 91.5 Å². The van der Waals surface area contributed by atoms with Crippen LogP contribution in [0.2, 0.25) is 0 Å². The van der Waals surface area contributed by atoms with E-state index in [1.165, 1.54) is 38.0 Å². The molecule has 6 aromatic rings. The molecule has 0 spiro atoms. The van der Waals surface area contributed by atoms with Gasteiger partial charge in [0.2, 0.25) is 0 Å². The second kappa shape index (κ2) is 7.00. The summed E-state index contributed by atoms with van der Waals surface area (Å²) in [4.78, 5) is 2.35. The van der Waals surface area contributed by atoms with Gasteiger partial charge in [-0.3, -0.25) is 0 Å². The number of para-hydroxylation sites is 1. The van der Waals surface area contributed by atoms with Crippen molar-refractivity contribution < 1.29 is 0 Å². The molecular weight excluding hydrogens is 374 g/mol. The minimum absolute atomic E-state index is 1.12. The molecule has 0 radical (unpaired) electrons.